The molecule has 0 aliphatic carbocycles. The van der Waals surface area contributed by atoms with E-state index in [1.54, 1.807) is 18.2 Å². The third-order valence-electron chi connectivity index (χ3n) is 3.27. The second kappa shape index (κ2) is 11.8. The van der Waals surface area contributed by atoms with Gasteiger partial charge in [0.25, 0.3) is 0 Å². The van der Waals surface area contributed by atoms with Crippen molar-refractivity contribution in [3.8, 4) is 5.75 Å². The van der Waals surface area contributed by atoms with Gasteiger partial charge >= 0.3 is 0 Å². The average Bonchev–Trinajstić information content (AvgIpc) is 2.52. The third-order valence-corrected chi connectivity index (χ3v) is 3.77. The minimum absolute atomic E-state index is 0. The van der Waals surface area contributed by atoms with Gasteiger partial charge in [-0.1, -0.05) is 14.4 Å². The number of ketones is 1. The van der Waals surface area contributed by atoms with Crippen LogP contribution in [0.1, 0.15) is 56.0 Å². The molecule has 0 unspecified atom stereocenters. The summed E-state index contributed by atoms with van der Waals surface area (Å²) in [7, 11) is -2.07. The summed E-state index contributed by atoms with van der Waals surface area (Å²) in [5, 5.41) is 10.1. The Hall–Kier alpha value is -1.66. The topological polar surface area (TPSA) is 80.7 Å². The zero-order valence-corrected chi connectivity index (χ0v) is 13.6. The molecule has 0 spiro atoms. The summed E-state index contributed by atoms with van der Waals surface area (Å²) in [4.78, 5) is 11.5. The van der Waals surface area contributed by atoms with Crippen molar-refractivity contribution in [2.45, 2.75) is 46.5 Å². The van der Waals surface area contributed by atoms with E-state index in [1.165, 1.54) is 5.37 Å². The summed E-state index contributed by atoms with van der Waals surface area (Å²) in [6, 6.07) is 5.17. The Morgan fingerprint density at radius 2 is 2.00 bits per heavy atom. The molecule has 0 saturated carbocycles. The number of carbonyl (C=O) groups is 1. The van der Waals surface area contributed by atoms with Crippen LogP contribution in [0, 0.1) is 0 Å². The van der Waals surface area contributed by atoms with Gasteiger partial charge in [-0.3, -0.25) is 4.79 Å². The van der Waals surface area contributed by atoms with E-state index >= 15 is 0 Å². The molecule has 0 aliphatic heterocycles. The van der Waals surface area contributed by atoms with Crippen molar-refractivity contribution < 1.29 is 23.1 Å². The minimum Gasteiger partial charge on any atom is -0.493 e. The molecule has 6 heteroatoms. The molecule has 0 radical (unpaired) electrons. The predicted octanol–water partition coefficient (Wildman–Crippen LogP) is 2.68. The van der Waals surface area contributed by atoms with Gasteiger partial charge in [0.2, 0.25) is 10.3 Å². The highest BCUT2D eigenvalue weighted by Crippen LogP contribution is 2.21. The molecule has 0 fully saturated rings. The molecule has 1 rings (SSSR count). The van der Waals surface area contributed by atoms with Gasteiger partial charge in [-0.25, -0.2) is 0 Å². The molecule has 0 atom stereocenters. The molecule has 1 aromatic rings. The Labute approximate surface area is 139 Å². The van der Waals surface area contributed by atoms with E-state index in [0.717, 1.165) is 37.0 Å². The lowest BCUT2D eigenvalue weighted by molar-refractivity contribution is 0.0903. The summed E-state index contributed by atoms with van der Waals surface area (Å²) in [6.07, 6.45) is 3.87. The summed E-state index contributed by atoms with van der Waals surface area (Å²) in [6.45, 7) is 2.05. The first-order chi connectivity index (χ1) is 10.6. The molecule has 1 aromatic carbocycles. The number of benzene rings is 1. The highest BCUT2D eigenvalue weighted by molar-refractivity contribution is 7.71. The molecular formula is C17H26O5S. The van der Waals surface area contributed by atoms with Gasteiger partial charge in [0.1, 0.15) is 12.4 Å². The molecule has 130 valence electrons. The van der Waals surface area contributed by atoms with Crippen LogP contribution in [-0.4, -0.2) is 37.9 Å². The first-order valence-corrected chi connectivity index (χ1v) is 8.53. The van der Waals surface area contributed by atoms with Crippen molar-refractivity contribution in [1.29, 1.82) is 0 Å². The molecular weight excluding hydrogens is 316 g/mol. The van der Waals surface area contributed by atoms with E-state index in [2.05, 4.69) is 0 Å². The van der Waals surface area contributed by atoms with Crippen LogP contribution in [0.3, 0.4) is 0 Å². The lowest BCUT2D eigenvalue weighted by Crippen LogP contribution is -2.06. The van der Waals surface area contributed by atoms with Crippen LogP contribution in [0.5, 0.6) is 5.75 Å². The lowest BCUT2D eigenvalue weighted by atomic mass is 10.0. The molecule has 5 nitrogen and oxygen atoms in total. The van der Waals surface area contributed by atoms with Crippen LogP contribution in [0.25, 0.3) is 0 Å². The van der Waals surface area contributed by atoms with Crippen molar-refractivity contribution >= 4 is 21.4 Å². The summed E-state index contributed by atoms with van der Waals surface area (Å²) in [5.41, 5.74) is 1.43. The second-order valence-corrected chi connectivity index (χ2v) is 5.74. The summed E-state index contributed by atoms with van der Waals surface area (Å²) in [5.74, 6) is 0.456. The van der Waals surface area contributed by atoms with Crippen LogP contribution in [0.2, 0.25) is 0 Å². The fraction of sp³-hybridized carbons (Fsp3) is 0.529. The van der Waals surface area contributed by atoms with Gasteiger partial charge in [-0.15, -0.1) is 0 Å². The molecule has 0 bridgehead atoms. The molecule has 1 N–H and O–H groups in total. The van der Waals surface area contributed by atoms with Gasteiger partial charge in [0.15, 0.2) is 5.78 Å². The SMILES string of the molecule is C.CCc1cc(C(=O)CO)ccc1OCCCCCC=S(=O)=O. The lowest BCUT2D eigenvalue weighted by Gasteiger charge is -2.11. The van der Waals surface area contributed by atoms with E-state index in [-0.39, 0.29) is 13.2 Å². The Morgan fingerprint density at radius 3 is 2.61 bits per heavy atom. The van der Waals surface area contributed by atoms with E-state index in [1.807, 2.05) is 6.92 Å². The Kier molecular flexibility index (Phi) is 11.0. The molecule has 0 heterocycles. The number of unbranched alkanes of at least 4 members (excludes halogenated alkanes) is 3. The molecule has 0 saturated heterocycles. The van der Waals surface area contributed by atoms with Crippen molar-refractivity contribution in [3.63, 3.8) is 0 Å². The van der Waals surface area contributed by atoms with E-state index in [4.69, 9.17) is 9.84 Å². The second-order valence-electron chi connectivity index (χ2n) is 4.88. The largest absolute Gasteiger partial charge is 0.493 e. The van der Waals surface area contributed by atoms with E-state index in [9.17, 15) is 13.2 Å². The summed E-state index contributed by atoms with van der Waals surface area (Å²) >= 11 is 0. The normalized spacial score (nSPS) is 9.83. The van der Waals surface area contributed by atoms with Crippen LogP contribution >= 0.6 is 0 Å². The number of hydrogen-bond acceptors (Lipinski definition) is 5. The molecule has 0 aliphatic rings. The average molecular weight is 342 g/mol. The van der Waals surface area contributed by atoms with Gasteiger partial charge in [0, 0.05) is 10.9 Å². The highest BCUT2D eigenvalue weighted by atomic mass is 32.2. The van der Waals surface area contributed by atoms with Gasteiger partial charge < -0.3 is 9.84 Å². The maximum atomic E-state index is 11.5. The van der Waals surface area contributed by atoms with Crippen LogP contribution < -0.4 is 4.74 Å². The van der Waals surface area contributed by atoms with Crippen molar-refractivity contribution in [2.75, 3.05) is 13.2 Å². The smallest absolute Gasteiger partial charge is 0.209 e. The minimum atomic E-state index is -2.07. The van der Waals surface area contributed by atoms with E-state index < -0.39 is 16.9 Å². The van der Waals surface area contributed by atoms with Crippen molar-refractivity contribution in [3.05, 3.63) is 29.3 Å². The van der Waals surface area contributed by atoms with Crippen molar-refractivity contribution in [2.24, 2.45) is 0 Å². The number of hydrogen-bond donors (Lipinski definition) is 1. The predicted molar refractivity (Wildman–Crippen MR) is 92.9 cm³/mol. The first kappa shape index (κ1) is 21.3. The quantitative estimate of drug-likeness (QED) is 0.402. The third kappa shape index (κ3) is 7.95. The Bertz CT molecular complexity index is 612. The number of aliphatic hydroxyl groups is 1. The maximum absolute atomic E-state index is 11.5. The first-order valence-electron chi connectivity index (χ1n) is 7.39. The Balaban J connectivity index is 0.00000484. The van der Waals surface area contributed by atoms with Gasteiger partial charge in [0.05, 0.1) is 6.61 Å². The highest BCUT2D eigenvalue weighted by Gasteiger charge is 2.08. The number of carbonyl (C=O) groups excluding carboxylic acids is 1. The number of aryl methyl sites for hydroxylation is 1. The van der Waals surface area contributed by atoms with Crippen molar-refractivity contribution in [1.82, 2.24) is 0 Å². The number of ether oxygens (including phenoxy) is 1. The number of aliphatic hydroxyl groups excluding tert-OH is 1. The van der Waals surface area contributed by atoms with Crippen LogP contribution in [0.15, 0.2) is 18.2 Å². The fourth-order valence-corrected chi connectivity index (χ4v) is 2.41. The molecule has 23 heavy (non-hydrogen) atoms. The zero-order valence-electron chi connectivity index (χ0n) is 12.7. The fourth-order valence-electron chi connectivity index (χ4n) is 2.05. The number of Topliss-reactive ketones (excluding diaryl/α,β-unsaturated/α-hetero) is 1. The zero-order chi connectivity index (χ0) is 16.4. The molecule has 0 amide bonds. The van der Waals surface area contributed by atoms with E-state index in [0.29, 0.717) is 18.6 Å². The van der Waals surface area contributed by atoms with Gasteiger partial charge in [-0.2, -0.15) is 8.42 Å². The molecule has 0 aromatic heterocycles. The van der Waals surface area contributed by atoms with Crippen LogP contribution in [-0.2, 0) is 16.7 Å². The van der Waals surface area contributed by atoms with Gasteiger partial charge in [-0.05, 0) is 55.9 Å². The van der Waals surface area contributed by atoms with Crippen LogP contribution in [0.4, 0.5) is 0 Å². The maximum Gasteiger partial charge on any atom is 0.209 e. The Morgan fingerprint density at radius 1 is 1.26 bits per heavy atom. The standard InChI is InChI=1S/C16H22O5S.CH4/c1-2-13-11-14(15(18)12-17)7-8-16(13)21-9-5-3-4-6-10-22(19)20;/h7-8,10-11,17H,2-6,9,12H2,1H3;1H4. The monoisotopic (exact) mass is 342 g/mol. The summed E-state index contributed by atoms with van der Waals surface area (Å²) < 4.78 is 26.4. The number of rotatable bonds is 10.